The number of aromatic nitrogens is 3. The Bertz CT molecular complexity index is 1590. The Kier molecular flexibility index (Phi) is 13.9. The second kappa shape index (κ2) is 18.7. The summed E-state index contributed by atoms with van der Waals surface area (Å²) in [5, 5.41) is 10.5. The zero-order valence-electron chi connectivity index (χ0n) is 30.1. The van der Waals surface area contributed by atoms with Gasteiger partial charge in [-0.1, -0.05) is 50.8 Å². The summed E-state index contributed by atoms with van der Waals surface area (Å²) in [6.07, 6.45) is 12.7. The minimum absolute atomic E-state index is 0.000144. The van der Waals surface area contributed by atoms with E-state index in [2.05, 4.69) is 25.8 Å². The third-order valence-electron chi connectivity index (χ3n) is 9.65. The number of carbonyl (C=O) groups excluding carboxylic acids is 3. The van der Waals surface area contributed by atoms with Crippen molar-refractivity contribution in [3.05, 3.63) is 71.4 Å². The Hall–Kier alpha value is -4.39. The smallest absolute Gasteiger partial charge is 0.255 e. The Labute approximate surface area is 299 Å². The lowest BCUT2D eigenvalue weighted by Gasteiger charge is -2.35. The van der Waals surface area contributed by atoms with Crippen molar-refractivity contribution in [2.24, 2.45) is 5.92 Å². The molecule has 3 aromatic rings. The molecule has 3 atom stereocenters. The van der Waals surface area contributed by atoms with Crippen molar-refractivity contribution < 1.29 is 28.0 Å². The van der Waals surface area contributed by atoms with Crippen LogP contribution >= 0.6 is 0 Å². The van der Waals surface area contributed by atoms with Crippen molar-refractivity contribution in [2.75, 3.05) is 26.7 Å². The highest BCUT2D eigenvalue weighted by atomic mass is 19.1. The molecule has 5 rings (SSSR count). The van der Waals surface area contributed by atoms with Gasteiger partial charge in [-0.2, -0.15) is 4.98 Å². The number of nitrogens with zero attached hydrogens (tertiary/aromatic N) is 5. The number of nitrogens with one attached hydrogen (secondary N) is 2. The first-order valence-corrected chi connectivity index (χ1v) is 18.4. The molecule has 1 aromatic carbocycles. The number of aryl methyl sites for hydroxylation is 1. The van der Waals surface area contributed by atoms with Gasteiger partial charge in [-0.15, -0.1) is 0 Å². The minimum Gasteiger partial charge on any atom is -0.485 e. The zero-order valence-corrected chi connectivity index (χ0v) is 30.1. The summed E-state index contributed by atoms with van der Waals surface area (Å²) < 4.78 is 25.6. The molecule has 0 unspecified atom stereocenters. The van der Waals surface area contributed by atoms with Crippen molar-refractivity contribution in [3.63, 3.8) is 0 Å². The van der Waals surface area contributed by atoms with E-state index in [4.69, 9.17) is 9.26 Å². The Morgan fingerprint density at radius 2 is 1.82 bits per heavy atom. The zero-order chi connectivity index (χ0) is 36.2. The van der Waals surface area contributed by atoms with E-state index >= 15 is 0 Å². The summed E-state index contributed by atoms with van der Waals surface area (Å²) in [4.78, 5) is 54.3. The number of ether oxygens (including phenoxy) is 1. The number of pyridine rings is 1. The molecule has 2 aromatic heterocycles. The second-order valence-corrected chi connectivity index (χ2v) is 14.1. The number of hydrogen-bond acceptors (Lipinski definition) is 9. The van der Waals surface area contributed by atoms with E-state index in [1.165, 1.54) is 12.1 Å². The lowest BCUT2D eigenvalue weighted by Crippen LogP contribution is -2.56. The molecule has 13 heteroatoms. The summed E-state index contributed by atoms with van der Waals surface area (Å²) in [6, 6.07) is 5.86. The van der Waals surface area contributed by atoms with Crippen molar-refractivity contribution >= 4 is 17.7 Å². The van der Waals surface area contributed by atoms with Gasteiger partial charge in [-0.25, -0.2) is 4.39 Å². The predicted molar refractivity (Wildman–Crippen MR) is 189 cm³/mol. The SMILES string of the molecule is CC(C)C[C@H]1NC(=O)c2ccc(F)cc2OCc2noc(n2)CCCCCCCCNC[C@H](Cc2cccnc2)N(C)C(=O)[C@H]2CCCN2C1=O. The molecule has 2 aliphatic rings. The second-order valence-electron chi connectivity index (χ2n) is 14.1. The molecule has 2 bridgehead atoms. The molecule has 51 heavy (non-hydrogen) atoms. The highest BCUT2D eigenvalue weighted by molar-refractivity contribution is 6.00. The minimum atomic E-state index is -0.903. The van der Waals surface area contributed by atoms with Crippen molar-refractivity contribution in [1.29, 1.82) is 0 Å². The van der Waals surface area contributed by atoms with Gasteiger partial charge in [-0.05, 0) is 74.8 Å². The van der Waals surface area contributed by atoms with Crippen LogP contribution in [0.1, 0.15) is 99.3 Å². The molecular weight excluding hydrogens is 653 g/mol. The van der Waals surface area contributed by atoms with Crippen LogP contribution in [0.25, 0.3) is 0 Å². The van der Waals surface area contributed by atoms with Gasteiger partial charge in [0.05, 0.1) is 5.56 Å². The van der Waals surface area contributed by atoms with Crippen LogP contribution in [0.15, 0.2) is 47.2 Å². The van der Waals surface area contributed by atoms with E-state index in [0.29, 0.717) is 56.9 Å². The molecule has 0 spiro atoms. The first-order valence-electron chi connectivity index (χ1n) is 18.4. The lowest BCUT2D eigenvalue weighted by atomic mass is 10.0. The van der Waals surface area contributed by atoms with E-state index in [1.807, 2.05) is 39.2 Å². The molecule has 3 amide bonds. The van der Waals surface area contributed by atoms with E-state index in [-0.39, 0.29) is 41.7 Å². The van der Waals surface area contributed by atoms with Gasteiger partial charge in [0.25, 0.3) is 5.91 Å². The molecule has 0 radical (unpaired) electrons. The molecule has 1 fully saturated rings. The average Bonchev–Trinajstić information content (AvgIpc) is 3.80. The first-order chi connectivity index (χ1) is 24.7. The third kappa shape index (κ3) is 10.8. The first kappa shape index (κ1) is 37.9. The van der Waals surface area contributed by atoms with Crippen LogP contribution in [0.5, 0.6) is 5.75 Å². The number of hydrogen-bond donors (Lipinski definition) is 2. The van der Waals surface area contributed by atoms with Crippen molar-refractivity contribution in [1.82, 2.24) is 35.6 Å². The van der Waals surface area contributed by atoms with E-state index < -0.39 is 23.8 Å². The maximum absolute atomic E-state index is 14.4. The Morgan fingerprint density at radius 3 is 2.61 bits per heavy atom. The molecule has 1 saturated heterocycles. The Morgan fingerprint density at radius 1 is 1.02 bits per heavy atom. The normalized spacial score (nSPS) is 22.3. The van der Waals surface area contributed by atoms with Crippen molar-refractivity contribution in [3.8, 4) is 5.75 Å². The maximum atomic E-state index is 14.4. The fourth-order valence-electron chi connectivity index (χ4n) is 6.87. The molecular formula is C38H52FN7O5. The monoisotopic (exact) mass is 705 g/mol. The van der Waals surface area contributed by atoms with E-state index in [9.17, 15) is 18.8 Å². The number of rotatable bonds is 4. The molecule has 2 N–H and O–H groups in total. The number of fused-ring (bicyclic) bond motifs is 4. The van der Waals surface area contributed by atoms with Crippen molar-refractivity contribution in [2.45, 2.75) is 109 Å². The highest BCUT2D eigenvalue weighted by Gasteiger charge is 2.40. The predicted octanol–water partition coefficient (Wildman–Crippen LogP) is 4.87. The average molecular weight is 706 g/mol. The quantitative estimate of drug-likeness (QED) is 0.389. The fourth-order valence-corrected chi connectivity index (χ4v) is 6.87. The van der Waals surface area contributed by atoms with Gasteiger partial charge < -0.3 is 29.7 Å². The van der Waals surface area contributed by atoms with Gasteiger partial charge in [-0.3, -0.25) is 19.4 Å². The van der Waals surface area contributed by atoms with Crippen LogP contribution in [-0.4, -0.2) is 87.5 Å². The number of benzene rings is 1. The summed E-state index contributed by atoms with van der Waals surface area (Å²) in [5.41, 5.74) is 1.10. The Balaban J connectivity index is 1.38. The lowest BCUT2D eigenvalue weighted by molar-refractivity contribution is -0.145. The van der Waals surface area contributed by atoms with Crippen LogP contribution in [0.4, 0.5) is 4.39 Å². The van der Waals surface area contributed by atoms with Gasteiger partial charge in [0.1, 0.15) is 23.7 Å². The van der Waals surface area contributed by atoms with E-state index in [0.717, 1.165) is 56.7 Å². The molecule has 0 saturated carbocycles. The molecule has 2 aliphatic heterocycles. The summed E-state index contributed by atoms with van der Waals surface area (Å²) in [7, 11) is 1.82. The summed E-state index contributed by atoms with van der Waals surface area (Å²) in [5.74, 6) is -0.730. The van der Waals surface area contributed by atoms with Crippen LogP contribution in [0, 0.1) is 11.7 Å². The summed E-state index contributed by atoms with van der Waals surface area (Å²) >= 11 is 0. The molecule has 276 valence electrons. The topological polar surface area (TPSA) is 143 Å². The summed E-state index contributed by atoms with van der Waals surface area (Å²) in [6.45, 7) is 5.69. The van der Waals surface area contributed by atoms with Crippen LogP contribution in [-0.2, 0) is 29.0 Å². The largest absolute Gasteiger partial charge is 0.485 e. The van der Waals surface area contributed by atoms with Gasteiger partial charge in [0.2, 0.25) is 23.5 Å². The number of halogens is 1. The number of likely N-dealkylation sites (N-methyl/N-ethyl adjacent to an activating group) is 1. The third-order valence-corrected chi connectivity index (χ3v) is 9.65. The van der Waals surface area contributed by atoms with Gasteiger partial charge in [0.15, 0.2) is 6.61 Å². The standard InChI is InChI=1S/C38H52FN7O5/c1-26(2)20-31-37(48)46-19-11-13-32(46)38(49)45(3)29(21-27-12-10-18-40-23-27)24-41-17-9-7-5-4-6-8-14-35-43-34(44-51-35)25-50-33-22-28(39)15-16-30(33)36(47)42-31/h10,12,15-16,18,22-23,26,29,31-32,41H,4-9,11,13-14,17,19-21,24-25H2,1-3H3,(H,42,47)/t29-,31+,32+/m0/s1. The van der Waals surface area contributed by atoms with Gasteiger partial charge >= 0.3 is 0 Å². The fraction of sp³-hybridized carbons (Fsp3) is 0.579. The molecule has 12 nitrogen and oxygen atoms in total. The number of carbonyl (C=O) groups is 3. The van der Waals surface area contributed by atoms with Crippen LogP contribution in [0.2, 0.25) is 0 Å². The van der Waals surface area contributed by atoms with Gasteiger partial charge in [0, 0.05) is 51.1 Å². The highest BCUT2D eigenvalue weighted by Crippen LogP contribution is 2.25. The van der Waals surface area contributed by atoms with E-state index in [1.54, 1.807) is 16.0 Å². The van der Waals surface area contributed by atoms with Crippen LogP contribution in [0.3, 0.4) is 0 Å². The maximum Gasteiger partial charge on any atom is 0.255 e. The number of amides is 3. The van der Waals surface area contributed by atoms with Crippen LogP contribution < -0.4 is 15.4 Å². The molecule has 0 aliphatic carbocycles. The molecule has 4 heterocycles.